The topological polar surface area (TPSA) is 189 Å². The van der Waals surface area contributed by atoms with Gasteiger partial charge in [-0.2, -0.15) is 0 Å². The molecule has 0 aliphatic carbocycles. The number of amides is 4. The quantitative estimate of drug-likeness (QED) is 0.136. The van der Waals surface area contributed by atoms with Gasteiger partial charge < -0.3 is 45.1 Å². The van der Waals surface area contributed by atoms with E-state index >= 15 is 0 Å². The zero-order valence-corrected chi connectivity index (χ0v) is 35.4. The molecular weight excluding hydrogens is 741 g/mol. The van der Waals surface area contributed by atoms with Crippen LogP contribution in [0.1, 0.15) is 75.8 Å². The predicted octanol–water partition coefficient (Wildman–Crippen LogP) is 2.45. The minimum atomic E-state index is -1.24. The fraction of sp³-hybridized carbons (Fsp3) is 0.650. The number of carbonyl (C=O) groups is 5. The van der Waals surface area contributed by atoms with Gasteiger partial charge in [-0.05, 0) is 30.4 Å². The van der Waals surface area contributed by atoms with E-state index in [-0.39, 0.29) is 53.3 Å². The van der Waals surface area contributed by atoms with Crippen LogP contribution in [0.5, 0.6) is 0 Å². The Morgan fingerprint density at radius 1 is 0.946 bits per heavy atom. The van der Waals surface area contributed by atoms with Crippen molar-refractivity contribution < 1.29 is 43.3 Å². The van der Waals surface area contributed by atoms with Crippen LogP contribution in [0.25, 0.3) is 0 Å². The summed E-state index contributed by atoms with van der Waals surface area (Å²) in [5.41, 5.74) is 0.565. The molecule has 1 aliphatic rings. The Bertz CT molecular complexity index is 1580. The van der Waals surface area contributed by atoms with Crippen molar-refractivity contribution in [1.29, 1.82) is 0 Å². The maximum Gasteiger partial charge on any atom is 0.252 e. The SMILES string of the molecule is CC[C@H](C)[C@@H](C(O)CC(=O)NC[C@H]1O[C@H](C(=O)N[C@H](C(=O)c2nccs2)c2ccccc2)[C@@H](OC)[C@@H]1OC)N(C)C(=O)[C@H](C(C)C)N(C)C(=O)[C@@H](NC)C(C)C. The minimum absolute atomic E-state index is 0.00185. The van der Waals surface area contributed by atoms with Crippen LogP contribution in [0.3, 0.4) is 0 Å². The molecule has 0 radical (unpaired) electrons. The minimum Gasteiger partial charge on any atom is -0.390 e. The second-order valence-electron chi connectivity index (χ2n) is 15.1. The number of ketones is 1. The Morgan fingerprint density at radius 2 is 1.59 bits per heavy atom. The molecule has 4 N–H and O–H groups in total. The molecule has 312 valence electrons. The van der Waals surface area contributed by atoms with Crippen LogP contribution in [0.15, 0.2) is 41.9 Å². The van der Waals surface area contributed by atoms with E-state index in [9.17, 15) is 29.1 Å². The first-order chi connectivity index (χ1) is 26.5. The molecule has 1 saturated heterocycles. The molecule has 4 amide bonds. The lowest BCUT2D eigenvalue weighted by Crippen LogP contribution is -2.59. The molecule has 2 aromatic rings. The molecular formula is C40H62N6O9S. The molecule has 2 heterocycles. The molecule has 56 heavy (non-hydrogen) atoms. The van der Waals surface area contributed by atoms with Crippen molar-refractivity contribution in [1.82, 2.24) is 30.7 Å². The molecule has 1 aromatic heterocycles. The monoisotopic (exact) mass is 802 g/mol. The van der Waals surface area contributed by atoms with Gasteiger partial charge in [0.15, 0.2) is 11.1 Å². The standard InChI is InChI=1S/C40H62N6O9S/c1-12-24(6)32(46(9)40(52)31(23(4)5)45(8)39(51)29(41-7)22(2)3)26(47)20-28(48)43-21-27-34(53-10)35(54-11)36(55-27)37(50)44-30(25-16-14-13-15-17-25)33(49)38-42-18-19-56-38/h13-19,22-24,26-27,29-32,34-36,41,47H,12,20-21H2,1-11H3,(H,43,48)(H,44,50)/t24-,26?,27+,29-,30-,31-,32-,34+,35-,36-/m0/s1. The van der Waals surface area contributed by atoms with Crippen LogP contribution in [-0.2, 0) is 33.4 Å². The maximum atomic E-state index is 14.1. The van der Waals surface area contributed by atoms with Gasteiger partial charge in [-0.3, -0.25) is 24.0 Å². The Labute approximate surface area is 335 Å². The molecule has 3 rings (SSSR count). The van der Waals surface area contributed by atoms with Crippen molar-refractivity contribution in [3.63, 3.8) is 0 Å². The first-order valence-electron chi connectivity index (χ1n) is 19.2. The van der Waals surface area contributed by atoms with Crippen molar-refractivity contribution in [2.45, 2.75) is 109 Å². The van der Waals surface area contributed by atoms with E-state index in [0.29, 0.717) is 12.0 Å². The summed E-state index contributed by atoms with van der Waals surface area (Å²) >= 11 is 1.17. The number of likely N-dealkylation sites (N-methyl/N-ethyl adjacent to an activating group) is 3. The lowest BCUT2D eigenvalue weighted by Gasteiger charge is -2.41. The number of hydrogen-bond donors (Lipinski definition) is 4. The smallest absolute Gasteiger partial charge is 0.252 e. The molecule has 0 spiro atoms. The van der Waals surface area contributed by atoms with E-state index < -0.39 is 66.5 Å². The molecule has 0 bridgehead atoms. The summed E-state index contributed by atoms with van der Waals surface area (Å²) in [6, 6.07) is 5.76. The van der Waals surface area contributed by atoms with E-state index in [2.05, 4.69) is 20.9 Å². The number of aliphatic hydroxyl groups is 1. The Kier molecular flexibility index (Phi) is 18.0. The van der Waals surface area contributed by atoms with Crippen LogP contribution in [0.4, 0.5) is 0 Å². The zero-order valence-electron chi connectivity index (χ0n) is 34.6. The highest BCUT2D eigenvalue weighted by atomic mass is 32.1. The van der Waals surface area contributed by atoms with Crippen LogP contribution >= 0.6 is 11.3 Å². The summed E-state index contributed by atoms with van der Waals surface area (Å²) < 4.78 is 17.5. The van der Waals surface area contributed by atoms with Crippen molar-refractivity contribution in [2.75, 3.05) is 41.9 Å². The summed E-state index contributed by atoms with van der Waals surface area (Å²) in [5.74, 6) is -2.46. The Hall–Kier alpha value is -3.80. The Balaban J connectivity index is 1.73. The maximum absolute atomic E-state index is 14.1. The van der Waals surface area contributed by atoms with E-state index in [4.69, 9.17) is 14.2 Å². The largest absolute Gasteiger partial charge is 0.390 e. The van der Waals surface area contributed by atoms with Gasteiger partial charge >= 0.3 is 0 Å². The van der Waals surface area contributed by atoms with Crippen LogP contribution < -0.4 is 16.0 Å². The van der Waals surface area contributed by atoms with Gasteiger partial charge in [-0.1, -0.05) is 78.3 Å². The fourth-order valence-electron chi connectivity index (χ4n) is 7.49. The number of aliphatic hydroxyl groups excluding tert-OH is 1. The van der Waals surface area contributed by atoms with Gasteiger partial charge in [0.05, 0.1) is 24.6 Å². The number of nitrogens with zero attached hydrogens (tertiary/aromatic N) is 3. The summed E-state index contributed by atoms with van der Waals surface area (Å²) in [6.07, 6.45) is -3.10. The zero-order chi connectivity index (χ0) is 41.9. The summed E-state index contributed by atoms with van der Waals surface area (Å²) in [5, 5.41) is 22.1. The van der Waals surface area contributed by atoms with E-state index in [1.165, 1.54) is 41.6 Å². The number of aromatic nitrogens is 1. The lowest BCUT2D eigenvalue weighted by molar-refractivity contribution is -0.151. The van der Waals surface area contributed by atoms with Crippen molar-refractivity contribution in [3.8, 4) is 0 Å². The van der Waals surface area contributed by atoms with Gasteiger partial charge in [0.1, 0.15) is 30.4 Å². The van der Waals surface area contributed by atoms with E-state index in [0.717, 1.165) is 0 Å². The van der Waals surface area contributed by atoms with E-state index in [1.54, 1.807) is 56.9 Å². The van der Waals surface area contributed by atoms with Gasteiger partial charge in [0, 0.05) is 46.4 Å². The normalized spacial score (nSPS) is 21.5. The average molecular weight is 803 g/mol. The number of rotatable bonds is 21. The predicted molar refractivity (Wildman–Crippen MR) is 213 cm³/mol. The van der Waals surface area contributed by atoms with Gasteiger partial charge in [-0.25, -0.2) is 4.98 Å². The first kappa shape index (κ1) is 46.6. The highest BCUT2D eigenvalue weighted by molar-refractivity contribution is 7.11. The second kappa shape index (κ2) is 21.6. The van der Waals surface area contributed by atoms with E-state index in [1.807, 2.05) is 41.5 Å². The molecule has 0 saturated carbocycles. The number of carbonyl (C=O) groups excluding carboxylic acids is 5. The number of ether oxygens (including phenoxy) is 3. The number of hydrogen-bond acceptors (Lipinski definition) is 12. The van der Waals surface area contributed by atoms with Gasteiger partial charge in [0.25, 0.3) is 5.91 Å². The number of thiazole rings is 1. The highest BCUT2D eigenvalue weighted by Crippen LogP contribution is 2.29. The van der Waals surface area contributed by atoms with Crippen molar-refractivity contribution in [3.05, 3.63) is 52.5 Å². The Morgan fingerprint density at radius 3 is 2.11 bits per heavy atom. The molecule has 16 heteroatoms. The number of benzene rings is 1. The van der Waals surface area contributed by atoms with Crippen LogP contribution in [0.2, 0.25) is 0 Å². The number of Topliss-reactive ketones (excluding diaryl/α,β-unsaturated/α-hetero) is 1. The third-order valence-electron chi connectivity index (χ3n) is 10.6. The lowest BCUT2D eigenvalue weighted by atomic mass is 9.89. The second-order valence-corrected chi connectivity index (χ2v) is 16.0. The first-order valence-corrected chi connectivity index (χ1v) is 20.1. The molecule has 1 aliphatic heterocycles. The number of methoxy groups -OCH3 is 2. The van der Waals surface area contributed by atoms with Gasteiger partial charge in [0.2, 0.25) is 23.5 Å². The summed E-state index contributed by atoms with van der Waals surface area (Å²) in [6.45, 7) is 11.4. The molecule has 1 aromatic carbocycles. The molecule has 10 atom stereocenters. The van der Waals surface area contributed by atoms with Crippen molar-refractivity contribution in [2.24, 2.45) is 17.8 Å². The third kappa shape index (κ3) is 11.2. The molecule has 1 unspecified atom stereocenters. The van der Waals surface area contributed by atoms with Crippen molar-refractivity contribution >= 4 is 40.7 Å². The average Bonchev–Trinajstić information content (AvgIpc) is 3.84. The van der Waals surface area contributed by atoms with Gasteiger partial charge in [-0.15, -0.1) is 11.3 Å². The number of nitrogens with one attached hydrogen (secondary N) is 3. The van der Waals surface area contributed by atoms with Crippen LogP contribution in [0, 0.1) is 17.8 Å². The molecule has 1 fully saturated rings. The fourth-order valence-corrected chi connectivity index (χ4v) is 8.10. The van der Waals surface area contributed by atoms with Crippen LogP contribution in [-0.4, -0.2) is 140 Å². The highest BCUT2D eigenvalue weighted by Gasteiger charge is 2.49. The summed E-state index contributed by atoms with van der Waals surface area (Å²) in [4.78, 5) is 75.3. The third-order valence-corrected chi connectivity index (χ3v) is 11.4. The molecule has 15 nitrogen and oxygen atoms in total. The summed E-state index contributed by atoms with van der Waals surface area (Å²) in [7, 11) is 7.80.